The van der Waals surface area contributed by atoms with Crippen LogP contribution in [0.5, 0.6) is 0 Å². The van der Waals surface area contributed by atoms with Gasteiger partial charge in [-0.1, -0.05) is 17.7 Å². The van der Waals surface area contributed by atoms with E-state index in [0.717, 1.165) is 5.69 Å². The van der Waals surface area contributed by atoms with Crippen LogP contribution < -0.4 is 0 Å². The van der Waals surface area contributed by atoms with Gasteiger partial charge >= 0.3 is 0 Å². The molecule has 0 spiro atoms. The normalized spacial score (nSPS) is 10.4. The molecule has 72 valence electrons. The molecule has 0 aliphatic rings. The fraction of sp³-hybridized carbons (Fsp3) is 0.111. The fourth-order valence-corrected chi connectivity index (χ4v) is 1.39. The summed E-state index contributed by atoms with van der Waals surface area (Å²) in [5.41, 5.74) is 0.839. The van der Waals surface area contributed by atoms with Crippen molar-refractivity contribution in [2.75, 3.05) is 0 Å². The Bertz CT molecular complexity index is 441. The molecular formula is C9H8ClN3O. The van der Waals surface area contributed by atoms with Crippen molar-refractivity contribution in [1.82, 2.24) is 14.8 Å². The summed E-state index contributed by atoms with van der Waals surface area (Å²) < 4.78 is 1.69. The van der Waals surface area contributed by atoms with Crippen LogP contribution in [0, 0.1) is 0 Å². The molecule has 0 radical (unpaired) electrons. The maximum atomic E-state index is 8.98. The summed E-state index contributed by atoms with van der Waals surface area (Å²) in [6, 6.07) is 7.27. The first-order valence-electron chi connectivity index (χ1n) is 4.07. The number of aromatic nitrogens is 3. The molecule has 0 amide bonds. The maximum absolute atomic E-state index is 8.98. The molecule has 1 heterocycles. The van der Waals surface area contributed by atoms with Crippen LogP contribution in [0.15, 0.2) is 30.6 Å². The summed E-state index contributed by atoms with van der Waals surface area (Å²) in [5.74, 6) is 0.493. The van der Waals surface area contributed by atoms with E-state index in [1.807, 2.05) is 12.1 Å². The van der Waals surface area contributed by atoms with Gasteiger partial charge in [-0.05, 0) is 18.2 Å². The molecule has 1 aromatic carbocycles. The Balaban J connectivity index is 2.49. The Hall–Kier alpha value is -1.39. The van der Waals surface area contributed by atoms with Crippen molar-refractivity contribution >= 4 is 11.6 Å². The van der Waals surface area contributed by atoms with Crippen LogP contribution in [0.25, 0.3) is 5.69 Å². The summed E-state index contributed by atoms with van der Waals surface area (Å²) >= 11 is 5.84. The number of hydrogen-bond acceptors (Lipinski definition) is 3. The summed E-state index contributed by atoms with van der Waals surface area (Å²) in [6.07, 6.45) is 1.54. The lowest BCUT2D eigenvalue weighted by atomic mass is 10.3. The van der Waals surface area contributed by atoms with Crippen molar-refractivity contribution < 1.29 is 5.11 Å². The third kappa shape index (κ3) is 1.62. The van der Waals surface area contributed by atoms with E-state index < -0.39 is 0 Å². The molecular weight excluding hydrogens is 202 g/mol. The average Bonchev–Trinajstić information content (AvgIpc) is 2.65. The second-order valence-electron chi connectivity index (χ2n) is 2.76. The quantitative estimate of drug-likeness (QED) is 0.814. The van der Waals surface area contributed by atoms with E-state index in [1.165, 1.54) is 6.33 Å². The highest BCUT2D eigenvalue weighted by molar-refractivity contribution is 6.30. The van der Waals surface area contributed by atoms with E-state index in [0.29, 0.717) is 10.8 Å². The minimum absolute atomic E-state index is 0.146. The highest BCUT2D eigenvalue weighted by atomic mass is 35.5. The molecule has 14 heavy (non-hydrogen) atoms. The molecule has 0 fully saturated rings. The molecule has 1 aromatic heterocycles. The van der Waals surface area contributed by atoms with Gasteiger partial charge in [0.05, 0.1) is 0 Å². The first kappa shape index (κ1) is 9.18. The molecule has 0 unspecified atom stereocenters. The molecule has 4 nitrogen and oxygen atoms in total. The van der Waals surface area contributed by atoms with Crippen LogP contribution in [0.4, 0.5) is 0 Å². The second kappa shape index (κ2) is 3.77. The molecule has 0 bridgehead atoms. The zero-order chi connectivity index (χ0) is 9.97. The number of halogens is 1. The first-order chi connectivity index (χ1) is 6.81. The van der Waals surface area contributed by atoms with Gasteiger partial charge in [0, 0.05) is 10.7 Å². The Labute approximate surface area is 85.8 Å². The van der Waals surface area contributed by atoms with Gasteiger partial charge in [-0.25, -0.2) is 0 Å². The van der Waals surface area contributed by atoms with Gasteiger partial charge in [0.2, 0.25) is 0 Å². The highest BCUT2D eigenvalue weighted by Crippen LogP contribution is 2.15. The topological polar surface area (TPSA) is 50.9 Å². The van der Waals surface area contributed by atoms with Crippen molar-refractivity contribution in [2.24, 2.45) is 0 Å². The van der Waals surface area contributed by atoms with Crippen molar-refractivity contribution in [3.05, 3.63) is 41.4 Å². The number of nitrogens with zero attached hydrogens (tertiary/aromatic N) is 3. The lowest BCUT2D eigenvalue weighted by molar-refractivity contribution is 0.269. The number of benzene rings is 1. The zero-order valence-corrected chi connectivity index (χ0v) is 8.02. The lowest BCUT2D eigenvalue weighted by Gasteiger charge is -2.04. The molecule has 5 heteroatoms. The predicted octanol–water partition coefficient (Wildman–Crippen LogP) is 1.41. The molecule has 2 rings (SSSR count). The molecule has 0 saturated heterocycles. The zero-order valence-electron chi connectivity index (χ0n) is 7.26. The van der Waals surface area contributed by atoms with Crippen LogP contribution in [0.2, 0.25) is 5.02 Å². The Morgan fingerprint density at radius 1 is 1.43 bits per heavy atom. The summed E-state index contributed by atoms with van der Waals surface area (Å²) in [5, 5.41) is 17.1. The monoisotopic (exact) mass is 209 g/mol. The smallest absolute Gasteiger partial charge is 0.163 e. The maximum Gasteiger partial charge on any atom is 0.163 e. The second-order valence-corrected chi connectivity index (χ2v) is 3.19. The van der Waals surface area contributed by atoms with Crippen molar-refractivity contribution in [3.8, 4) is 5.69 Å². The van der Waals surface area contributed by atoms with E-state index in [9.17, 15) is 0 Å². The van der Waals surface area contributed by atoms with Gasteiger partial charge in [-0.15, -0.1) is 10.2 Å². The van der Waals surface area contributed by atoms with E-state index in [-0.39, 0.29) is 6.61 Å². The van der Waals surface area contributed by atoms with Crippen molar-refractivity contribution in [3.63, 3.8) is 0 Å². The van der Waals surface area contributed by atoms with Crippen LogP contribution >= 0.6 is 11.6 Å². The van der Waals surface area contributed by atoms with Crippen LogP contribution in [0.3, 0.4) is 0 Å². The Kier molecular flexibility index (Phi) is 2.47. The number of hydrogen-bond donors (Lipinski definition) is 1. The number of aliphatic hydroxyl groups excluding tert-OH is 1. The summed E-state index contributed by atoms with van der Waals surface area (Å²) in [6.45, 7) is -0.146. The van der Waals surface area contributed by atoms with Gasteiger partial charge in [-0.3, -0.25) is 4.57 Å². The molecule has 2 aromatic rings. The standard InChI is InChI=1S/C9H8ClN3O/c10-7-2-1-3-8(4-7)13-6-11-12-9(13)5-14/h1-4,6,14H,5H2. The van der Waals surface area contributed by atoms with Gasteiger partial charge in [0.25, 0.3) is 0 Å². The number of aliphatic hydroxyl groups is 1. The molecule has 0 aliphatic heterocycles. The minimum Gasteiger partial charge on any atom is -0.388 e. The average molecular weight is 210 g/mol. The molecule has 0 aliphatic carbocycles. The summed E-state index contributed by atoms with van der Waals surface area (Å²) in [4.78, 5) is 0. The van der Waals surface area contributed by atoms with Crippen LogP contribution in [-0.2, 0) is 6.61 Å². The SMILES string of the molecule is OCc1nncn1-c1cccc(Cl)c1. The van der Waals surface area contributed by atoms with Gasteiger partial charge in [0.15, 0.2) is 5.82 Å². The first-order valence-corrected chi connectivity index (χ1v) is 4.45. The van der Waals surface area contributed by atoms with E-state index >= 15 is 0 Å². The third-order valence-corrected chi connectivity index (χ3v) is 2.08. The molecule has 0 atom stereocenters. The Morgan fingerprint density at radius 2 is 2.29 bits per heavy atom. The van der Waals surface area contributed by atoms with Crippen LogP contribution in [0.1, 0.15) is 5.82 Å². The number of rotatable bonds is 2. The molecule has 0 saturated carbocycles. The Morgan fingerprint density at radius 3 is 3.00 bits per heavy atom. The minimum atomic E-state index is -0.146. The van der Waals surface area contributed by atoms with Crippen LogP contribution in [-0.4, -0.2) is 19.9 Å². The third-order valence-electron chi connectivity index (χ3n) is 1.85. The van der Waals surface area contributed by atoms with Gasteiger partial charge in [0.1, 0.15) is 12.9 Å². The van der Waals surface area contributed by atoms with E-state index in [2.05, 4.69) is 10.2 Å². The van der Waals surface area contributed by atoms with E-state index in [4.69, 9.17) is 16.7 Å². The van der Waals surface area contributed by atoms with E-state index in [1.54, 1.807) is 16.7 Å². The van der Waals surface area contributed by atoms with Gasteiger partial charge < -0.3 is 5.11 Å². The highest BCUT2D eigenvalue weighted by Gasteiger charge is 2.04. The lowest BCUT2D eigenvalue weighted by Crippen LogP contribution is -1.99. The fourth-order valence-electron chi connectivity index (χ4n) is 1.21. The van der Waals surface area contributed by atoms with Crippen molar-refractivity contribution in [2.45, 2.75) is 6.61 Å². The predicted molar refractivity (Wildman–Crippen MR) is 52.3 cm³/mol. The van der Waals surface area contributed by atoms with Crippen molar-refractivity contribution in [1.29, 1.82) is 0 Å². The molecule has 1 N–H and O–H groups in total. The largest absolute Gasteiger partial charge is 0.388 e. The van der Waals surface area contributed by atoms with Gasteiger partial charge in [-0.2, -0.15) is 0 Å². The summed E-state index contributed by atoms with van der Waals surface area (Å²) in [7, 11) is 0.